The number of nitrogens with zero attached hydrogens (tertiary/aromatic N) is 2. The molecule has 0 heterocycles. The predicted molar refractivity (Wildman–Crippen MR) is 190 cm³/mol. The molecule has 0 radical (unpaired) electrons. The molecule has 4 aromatic rings. The molecule has 1 N–H and O–H groups in total. The van der Waals surface area contributed by atoms with Crippen molar-refractivity contribution in [3.05, 3.63) is 124 Å². The third kappa shape index (κ3) is 9.68. The van der Waals surface area contributed by atoms with Gasteiger partial charge in [0.25, 0.3) is 10.0 Å². The Morgan fingerprint density at radius 1 is 0.851 bits per heavy atom. The molecular weight excluding hydrogens is 678 g/mol. The van der Waals surface area contributed by atoms with E-state index in [2.05, 4.69) is 21.2 Å². The fraction of sp³-hybridized carbons (Fsp3) is 0.297. The number of unbranched alkanes of at least 4 members (excludes halogenated alkanes) is 1. The minimum Gasteiger partial charge on any atom is -0.492 e. The molecule has 8 nitrogen and oxygen atoms in total. The highest BCUT2D eigenvalue weighted by atomic mass is 79.9. The van der Waals surface area contributed by atoms with Crippen molar-refractivity contribution >= 4 is 43.5 Å². The van der Waals surface area contributed by atoms with Gasteiger partial charge in [-0.05, 0) is 67.8 Å². The van der Waals surface area contributed by atoms with E-state index in [9.17, 15) is 18.0 Å². The Morgan fingerprint density at radius 3 is 2.17 bits per heavy atom. The SMILES string of the molecule is CCCCNC(=O)[C@@H](Cc1ccccc1)N(Cc1ccc(Br)cc1)C(=O)CN(c1ccccc1OCC)S(=O)(=O)c1ccc(C)cc1. The van der Waals surface area contributed by atoms with Crippen LogP contribution in [-0.4, -0.2) is 50.9 Å². The first-order valence-corrected chi connectivity index (χ1v) is 18.0. The summed E-state index contributed by atoms with van der Waals surface area (Å²) in [5.41, 5.74) is 2.81. The van der Waals surface area contributed by atoms with E-state index in [4.69, 9.17) is 4.74 Å². The van der Waals surface area contributed by atoms with Gasteiger partial charge in [0.05, 0.1) is 17.2 Å². The number of anilines is 1. The van der Waals surface area contributed by atoms with Gasteiger partial charge in [-0.3, -0.25) is 13.9 Å². The molecule has 47 heavy (non-hydrogen) atoms. The third-order valence-corrected chi connectivity index (χ3v) is 9.99. The summed E-state index contributed by atoms with van der Waals surface area (Å²) < 4.78 is 36.5. The summed E-state index contributed by atoms with van der Waals surface area (Å²) in [7, 11) is -4.24. The van der Waals surface area contributed by atoms with E-state index in [1.165, 1.54) is 17.0 Å². The van der Waals surface area contributed by atoms with E-state index < -0.39 is 28.5 Å². The molecule has 0 spiro atoms. The molecule has 0 aromatic heterocycles. The van der Waals surface area contributed by atoms with Gasteiger partial charge in [0.15, 0.2) is 0 Å². The minimum absolute atomic E-state index is 0.0415. The fourth-order valence-corrected chi connectivity index (χ4v) is 6.83. The lowest BCUT2D eigenvalue weighted by molar-refractivity contribution is -0.140. The Kier molecular flexibility index (Phi) is 13.0. The monoisotopic (exact) mass is 719 g/mol. The summed E-state index contributed by atoms with van der Waals surface area (Å²) in [6.45, 7) is 6.04. The summed E-state index contributed by atoms with van der Waals surface area (Å²) >= 11 is 3.47. The van der Waals surface area contributed by atoms with E-state index in [1.54, 1.807) is 36.4 Å². The first kappa shape index (κ1) is 35.7. The lowest BCUT2D eigenvalue weighted by Crippen LogP contribution is -2.53. The van der Waals surface area contributed by atoms with E-state index in [0.29, 0.717) is 18.9 Å². The first-order chi connectivity index (χ1) is 22.6. The van der Waals surface area contributed by atoms with Crippen molar-refractivity contribution in [2.75, 3.05) is 24.0 Å². The number of aryl methyl sites for hydroxylation is 1. The zero-order chi connectivity index (χ0) is 33.8. The van der Waals surface area contributed by atoms with Crippen molar-refractivity contribution in [3.8, 4) is 5.75 Å². The largest absolute Gasteiger partial charge is 0.492 e. The normalized spacial score (nSPS) is 11.8. The topological polar surface area (TPSA) is 96.0 Å². The number of ether oxygens (including phenoxy) is 1. The lowest BCUT2D eigenvalue weighted by Gasteiger charge is -2.34. The van der Waals surface area contributed by atoms with Crippen molar-refractivity contribution in [2.24, 2.45) is 0 Å². The Morgan fingerprint density at radius 2 is 1.51 bits per heavy atom. The number of rotatable bonds is 16. The Hall–Kier alpha value is -4.15. The van der Waals surface area contributed by atoms with Crippen molar-refractivity contribution in [1.29, 1.82) is 0 Å². The number of carbonyl (C=O) groups excluding carboxylic acids is 2. The van der Waals surface area contributed by atoms with Gasteiger partial charge in [0.2, 0.25) is 11.8 Å². The third-order valence-electron chi connectivity index (χ3n) is 7.69. The summed E-state index contributed by atoms with van der Waals surface area (Å²) in [4.78, 5) is 30.1. The number of halogens is 1. The summed E-state index contributed by atoms with van der Waals surface area (Å²) in [6, 6.07) is 29.4. The van der Waals surface area contributed by atoms with Crippen molar-refractivity contribution < 1.29 is 22.7 Å². The van der Waals surface area contributed by atoms with Crippen LogP contribution in [0.1, 0.15) is 43.4 Å². The van der Waals surface area contributed by atoms with E-state index in [-0.39, 0.29) is 29.5 Å². The van der Waals surface area contributed by atoms with Crippen LogP contribution in [-0.2, 0) is 32.6 Å². The van der Waals surface area contributed by atoms with E-state index in [1.807, 2.05) is 75.4 Å². The summed E-state index contributed by atoms with van der Waals surface area (Å²) in [6.07, 6.45) is 1.94. The van der Waals surface area contributed by atoms with Gasteiger partial charge in [-0.2, -0.15) is 0 Å². The molecule has 4 aromatic carbocycles. The van der Waals surface area contributed by atoms with Gasteiger partial charge in [-0.1, -0.05) is 102 Å². The number of nitrogens with one attached hydrogen (secondary N) is 1. The Balaban J connectivity index is 1.82. The van der Waals surface area contributed by atoms with Gasteiger partial charge >= 0.3 is 0 Å². The van der Waals surface area contributed by atoms with Crippen molar-refractivity contribution in [3.63, 3.8) is 0 Å². The van der Waals surface area contributed by atoms with Crippen molar-refractivity contribution in [2.45, 2.75) is 57.5 Å². The number of para-hydroxylation sites is 2. The van der Waals surface area contributed by atoms with Crippen LogP contribution < -0.4 is 14.4 Å². The van der Waals surface area contributed by atoms with Gasteiger partial charge in [-0.15, -0.1) is 0 Å². The zero-order valence-corrected chi connectivity index (χ0v) is 29.5. The highest BCUT2D eigenvalue weighted by molar-refractivity contribution is 9.10. The lowest BCUT2D eigenvalue weighted by atomic mass is 10.0. The molecular formula is C37H42BrN3O5S. The molecule has 10 heteroatoms. The molecule has 2 amide bonds. The smallest absolute Gasteiger partial charge is 0.264 e. The average molecular weight is 721 g/mol. The second-order valence-electron chi connectivity index (χ2n) is 11.2. The number of amides is 2. The summed E-state index contributed by atoms with van der Waals surface area (Å²) in [5.74, 6) is -0.493. The van der Waals surface area contributed by atoms with Crippen molar-refractivity contribution in [1.82, 2.24) is 10.2 Å². The average Bonchev–Trinajstić information content (AvgIpc) is 3.07. The molecule has 4 rings (SSSR count). The fourth-order valence-electron chi connectivity index (χ4n) is 5.14. The Labute approximate surface area is 286 Å². The number of hydrogen-bond donors (Lipinski definition) is 1. The molecule has 0 unspecified atom stereocenters. The molecule has 0 aliphatic carbocycles. The molecule has 0 saturated heterocycles. The predicted octanol–water partition coefficient (Wildman–Crippen LogP) is 6.91. The molecule has 0 aliphatic rings. The van der Waals surface area contributed by atoms with Gasteiger partial charge < -0.3 is 15.0 Å². The van der Waals surface area contributed by atoms with Crippen LogP contribution >= 0.6 is 15.9 Å². The molecule has 0 bridgehead atoms. The molecule has 0 saturated carbocycles. The van der Waals surface area contributed by atoms with E-state index in [0.717, 1.165) is 38.3 Å². The number of carbonyl (C=O) groups is 2. The molecule has 0 aliphatic heterocycles. The Bertz CT molecular complexity index is 1720. The second kappa shape index (κ2) is 17.1. The maximum absolute atomic E-state index is 14.7. The second-order valence-corrected chi connectivity index (χ2v) is 14.0. The van der Waals surface area contributed by atoms with Gasteiger partial charge in [0, 0.05) is 24.0 Å². The van der Waals surface area contributed by atoms with Gasteiger partial charge in [-0.25, -0.2) is 8.42 Å². The molecule has 0 fully saturated rings. The standard InChI is InChI=1S/C37H42BrN3O5S/c1-4-6-24-39-37(43)34(25-29-12-8-7-9-13-29)40(26-30-18-20-31(38)21-19-30)36(42)27-41(33-14-10-11-15-35(33)46-5-2)47(44,45)32-22-16-28(3)17-23-32/h7-23,34H,4-6,24-27H2,1-3H3,(H,39,43)/t34-/m1/s1. The molecule has 248 valence electrons. The number of sulfonamides is 1. The van der Waals surface area contributed by atoms with Crippen LogP contribution in [0.2, 0.25) is 0 Å². The van der Waals surface area contributed by atoms with Crippen LogP contribution in [0, 0.1) is 6.92 Å². The summed E-state index contributed by atoms with van der Waals surface area (Å²) in [5, 5.41) is 3.01. The number of benzene rings is 4. The van der Waals surface area contributed by atoms with Crippen LogP contribution in [0.15, 0.2) is 112 Å². The van der Waals surface area contributed by atoms with Gasteiger partial charge in [0.1, 0.15) is 18.3 Å². The van der Waals surface area contributed by atoms with E-state index >= 15 is 0 Å². The quantitative estimate of drug-likeness (QED) is 0.127. The maximum atomic E-state index is 14.7. The number of hydrogen-bond acceptors (Lipinski definition) is 5. The van der Waals surface area contributed by atoms with Crippen LogP contribution in [0.4, 0.5) is 5.69 Å². The molecule has 1 atom stereocenters. The van der Waals surface area contributed by atoms with Crippen LogP contribution in [0.25, 0.3) is 0 Å². The first-order valence-electron chi connectivity index (χ1n) is 15.8. The maximum Gasteiger partial charge on any atom is 0.264 e. The highest BCUT2D eigenvalue weighted by Crippen LogP contribution is 2.33. The van der Waals surface area contributed by atoms with Crippen LogP contribution in [0.5, 0.6) is 5.75 Å². The zero-order valence-electron chi connectivity index (χ0n) is 27.1. The highest BCUT2D eigenvalue weighted by Gasteiger charge is 2.35. The van der Waals surface area contributed by atoms with Crippen LogP contribution in [0.3, 0.4) is 0 Å². The minimum atomic E-state index is -4.24.